The van der Waals surface area contributed by atoms with Gasteiger partial charge in [0.1, 0.15) is 0 Å². The summed E-state index contributed by atoms with van der Waals surface area (Å²) >= 11 is 0. The van der Waals surface area contributed by atoms with Gasteiger partial charge in [0.15, 0.2) is 5.75 Å². The number of aromatic nitrogens is 1. The van der Waals surface area contributed by atoms with E-state index in [1.54, 1.807) is 18.5 Å². The second kappa shape index (κ2) is 8.70. The molecule has 0 spiro atoms. The second-order valence-electron chi connectivity index (χ2n) is 5.48. The number of carbonyl (C=O) groups excluding carboxylic acids is 1. The molecular weight excluding hydrogens is 284 g/mol. The summed E-state index contributed by atoms with van der Waals surface area (Å²) < 4.78 is 16.6. The van der Waals surface area contributed by atoms with Gasteiger partial charge >= 0.3 is 0 Å². The Labute approximate surface area is 131 Å². The molecule has 1 fully saturated rings. The zero-order valence-electron chi connectivity index (χ0n) is 13.2. The highest BCUT2D eigenvalue weighted by Gasteiger charge is 2.15. The van der Waals surface area contributed by atoms with E-state index in [1.807, 2.05) is 13.8 Å². The van der Waals surface area contributed by atoms with E-state index >= 15 is 0 Å². The first-order valence-electron chi connectivity index (χ1n) is 7.75. The minimum atomic E-state index is -0.173. The van der Waals surface area contributed by atoms with Crippen molar-refractivity contribution < 1.29 is 19.0 Å². The Bertz CT molecular complexity index is 473. The van der Waals surface area contributed by atoms with Crippen LogP contribution < -0.4 is 10.1 Å². The average molecular weight is 308 g/mol. The smallest absolute Gasteiger partial charge is 0.255 e. The monoisotopic (exact) mass is 308 g/mol. The van der Waals surface area contributed by atoms with Crippen LogP contribution in [0, 0.1) is 0 Å². The van der Waals surface area contributed by atoms with Gasteiger partial charge < -0.3 is 19.5 Å². The van der Waals surface area contributed by atoms with Crippen molar-refractivity contribution in [3.8, 4) is 5.75 Å². The lowest BCUT2D eigenvalue weighted by atomic mass is 10.2. The summed E-state index contributed by atoms with van der Waals surface area (Å²) in [5, 5.41) is 2.85. The van der Waals surface area contributed by atoms with Crippen LogP contribution in [0.4, 0.5) is 0 Å². The van der Waals surface area contributed by atoms with Crippen LogP contribution in [-0.2, 0) is 9.47 Å². The van der Waals surface area contributed by atoms with Gasteiger partial charge in [-0.1, -0.05) is 0 Å². The number of hydrogen-bond donors (Lipinski definition) is 1. The van der Waals surface area contributed by atoms with E-state index in [0.717, 1.165) is 26.1 Å². The minimum Gasteiger partial charge on any atom is -0.489 e. The number of ether oxygens (including phenoxy) is 3. The molecule has 0 atom stereocenters. The number of nitrogens with zero attached hydrogens (tertiary/aromatic N) is 1. The van der Waals surface area contributed by atoms with Crippen molar-refractivity contribution in [2.24, 2.45) is 0 Å². The van der Waals surface area contributed by atoms with Gasteiger partial charge in [-0.15, -0.1) is 0 Å². The van der Waals surface area contributed by atoms with Crippen LogP contribution in [0.15, 0.2) is 18.5 Å². The summed E-state index contributed by atoms with van der Waals surface area (Å²) in [6.07, 6.45) is 5.22. The molecule has 0 unspecified atom stereocenters. The summed E-state index contributed by atoms with van der Waals surface area (Å²) in [7, 11) is 0. The second-order valence-corrected chi connectivity index (χ2v) is 5.48. The SMILES string of the molecule is CC(C)Oc1cnccc1C(=O)NCCOC1CCOCC1. The Morgan fingerprint density at radius 1 is 1.45 bits per heavy atom. The molecule has 0 bridgehead atoms. The molecule has 1 N–H and O–H groups in total. The maximum atomic E-state index is 12.2. The van der Waals surface area contributed by atoms with Crippen molar-refractivity contribution in [1.29, 1.82) is 0 Å². The van der Waals surface area contributed by atoms with Crippen LogP contribution in [0.25, 0.3) is 0 Å². The summed E-state index contributed by atoms with van der Waals surface area (Å²) in [5.41, 5.74) is 0.495. The van der Waals surface area contributed by atoms with Gasteiger partial charge in [-0.25, -0.2) is 0 Å². The first-order chi connectivity index (χ1) is 10.7. The number of carbonyl (C=O) groups is 1. The highest BCUT2D eigenvalue weighted by Crippen LogP contribution is 2.17. The van der Waals surface area contributed by atoms with Crippen LogP contribution in [0.5, 0.6) is 5.75 Å². The molecule has 1 aromatic heterocycles. The molecule has 2 rings (SSSR count). The standard InChI is InChI=1S/C16H24N2O4/c1-12(2)22-15-11-17-6-3-14(15)16(19)18-7-10-21-13-4-8-20-9-5-13/h3,6,11-13H,4-5,7-10H2,1-2H3,(H,18,19). The molecule has 6 nitrogen and oxygen atoms in total. The van der Waals surface area contributed by atoms with Crippen LogP contribution in [0.2, 0.25) is 0 Å². The summed E-state index contributed by atoms with van der Waals surface area (Å²) in [6.45, 7) is 6.31. The number of hydrogen-bond acceptors (Lipinski definition) is 5. The molecule has 0 radical (unpaired) electrons. The van der Waals surface area contributed by atoms with Crippen LogP contribution in [0.3, 0.4) is 0 Å². The fraction of sp³-hybridized carbons (Fsp3) is 0.625. The lowest BCUT2D eigenvalue weighted by molar-refractivity contribution is -0.0303. The molecule has 1 amide bonds. The lowest BCUT2D eigenvalue weighted by Crippen LogP contribution is -2.31. The van der Waals surface area contributed by atoms with Crippen molar-refractivity contribution in [2.45, 2.75) is 38.9 Å². The molecule has 1 aliphatic heterocycles. The molecule has 1 aromatic rings. The zero-order chi connectivity index (χ0) is 15.8. The average Bonchev–Trinajstić information content (AvgIpc) is 2.52. The Kier molecular flexibility index (Phi) is 6.61. The molecule has 0 aliphatic carbocycles. The van der Waals surface area contributed by atoms with E-state index in [2.05, 4.69) is 10.3 Å². The number of rotatable bonds is 7. The molecule has 6 heteroatoms. The fourth-order valence-corrected chi connectivity index (χ4v) is 2.24. The van der Waals surface area contributed by atoms with Crippen molar-refractivity contribution in [1.82, 2.24) is 10.3 Å². The van der Waals surface area contributed by atoms with Gasteiger partial charge in [0.2, 0.25) is 0 Å². The van der Waals surface area contributed by atoms with Crippen molar-refractivity contribution in [2.75, 3.05) is 26.4 Å². The molecule has 22 heavy (non-hydrogen) atoms. The Hall–Kier alpha value is -1.66. The van der Waals surface area contributed by atoms with Gasteiger partial charge in [-0.05, 0) is 32.8 Å². The molecule has 1 aliphatic rings. The van der Waals surface area contributed by atoms with E-state index in [-0.39, 0.29) is 18.1 Å². The van der Waals surface area contributed by atoms with E-state index in [1.165, 1.54) is 0 Å². The molecule has 0 aromatic carbocycles. The predicted molar refractivity (Wildman–Crippen MR) is 82.1 cm³/mol. The van der Waals surface area contributed by atoms with E-state index in [0.29, 0.717) is 24.5 Å². The maximum Gasteiger partial charge on any atom is 0.255 e. The molecule has 0 saturated carbocycles. The third-order valence-corrected chi connectivity index (χ3v) is 3.30. The molecule has 2 heterocycles. The predicted octanol–water partition coefficient (Wildman–Crippen LogP) is 1.79. The lowest BCUT2D eigenvalue weighted by Gasteiger charge is -2.22. The van der Waals surface area contributed by atoms with Crippen molar-refractivity contribution >= 4 is 5.91 Å². The summed E-state index contributed by atoms with van der Waals surface area (Å²) in [5.74, 6) is 0.328. The molecule has 1 saturated heterocycles. The van der Waals surface area contributed by atoms with Crippen LogP contribution >= 0.6 is 0 Å². The first-order valence-corrected chi connectivity index (χ1v) is 7.75. The number of pyridine rings is 1. The minimum absolute atomic E-state index is 0.00685. The number of amides is 1. The third-order valence-electron chi connectivity index (χ3n) is 3.30. The van der Waals surface area contributed by atoms with E-state index in [4.69, 9.17) is 14.2 Å². The zero-order valence-corrected chi connectivity index (χ0v) is 13.2. The fourth-order valence-electron chi connectivity index (χ4n) is 2.24. The van der Waals surface area contributed by atoms with Gasteiger partial charge in [-0.2, -0.15) is 0 Å². The largest absolute Gasteiger partial charge is 0.489 e. The number of nitrogens with one attached hydrogen (secondary N) is 1. The van der Waals surface area contributed by atoms with Gasteiger partial charge in [0.25, 0.3) is 5.91 Å². The van der Waals surface area contributed by atoms with Crippen LogP contribution in [0.1, 0.15) is 37.0 Å². The third kappa shape index (κ3) is 5.27. The summed E-state index contributed by atoms with van der Waals surface area (Å²) in [6, 6.07) is 1.66. The molecular formula is C16H24N2O4. The molecule has 122 valence electrons. The van der Waals surface area contributed by atoms with E-state index < -0.39 is 0 Å². The Balaban J connectivity index is 1.77. The van der Waals surface area contributed by atoms with Gasteiger partial charge in [-0.3, -0.25) is 9.78 Å². The summed E-state index contributed by atoms with van der Waals surface area (Å²) in [4.78, 5) is 16.2. The van der Waals surface area contributed by atoms with Gasteiger partial charge in [0, 0.05) is 26.0 Å². The topological polar surface area (TPSA) is 69.7 Å². The van der Waals surface area contributed by atoms with Crippen LogP contribution in [-0.4, -0.2) is 49.5 Å². The van der Waals surface area contributed by atoms with Gasteiger partial charge in [0.05, 0.1) is 30.6 Å². The van der Waals surface area contributed by atoms with Crippen molar-refractivity contribution in [3.05, 3.63) is 24.0 Å². The highest BCUT2D eigenvalue weighted by molar-refractivity contribution is 5.96. The highest BCUT2D eigenvalue weighted by atomic mass is 16.5. The maximum absolute atomic E-state index is 12.2. The quantitative estimate of drug-likeness (QED) is 0.778. The Morgan fingerprint density at radius 3 is 2.95 bits per heavy atom. The van der Waals surface area contributed by atoms with Crippen molar-refractivity contribution in [3.63, 3.8) is 0 Å². The Morgan fingerprint density at radius 2 is 2.23 bits per heavy atom. The van der Waals surface area contributed by atoms with E-state index in [9.17, 15) is 4.79 Å². The first kappa shape index (κ1) is 16.7. The normalized spacial score (nSPS) is 15.8.